The van der Waals surface area contributed by atoms with Gasteiger partial charge in [0.15, 0.2) is 6.61 Å². The zero-order chi connectivity index (χ0) is 11.3. The summed E-state index contributed by atoms with van der Waals surface area (Å²) in [5.74, 6) is -0.820. The molecule has 0 aliphatic heterocycles. The second-order valence-electron chi connectivity index (χ2n) is 2.55. The summed E-state index contributed by atoms with van der Waals surface area (Å²) in [6.45, 7) is -1.54. The third-order valence-corrected chi connectivity index (χ3v) is 1.30. The minimum Gasteiger partial charge on any atom is -0.265 e. The highest BCUT2D eigenvalue weighted by atomic mass is 19.4. The van der Waals surface area contributed by atoms with Crippen LogP contribution in [0.4, 0.5) is 13.2 Å². The molecule has 1 rings (SSSR count). The van der Waals surface area contributed by atoms with E-state index >= 15 is 0 Å². The van der Waals surface area contributed by atoms with Crippen LogP contribution >= 0.6 is 0 Å². The average Bonchev–Trinajstić information content (AvgIpc) is 2.17. The van der Waals surface area contributed by atoms with Crippen molar-refractivity contribution in [2.45, 2.75) is 6.18 Å². The van der Waals surface area contributed by atoms with E-state index in [1.54, 1.807) is 11.5 Å². The average molecular weight is 220 g/mol. The Kier molecular flexibility index (Phi) is 3.62. The topological polar surface area (TPSA) is 51.2 Å². The number of pyridine rings is 1. The lowest BCUT2D eigenvalue weighted by Gasteiger charge is -2.07. The van der Waals surface area contributed by atoms with Crippen LogP contribution in [0.3, 0.4) is 0 Å². The molecule has 0 aliphatic carbocycles. The molecule has 1 amide bonds. The van der Waals surface area contributed by atoms with Crippen molar-refractivity contribution in [2.75, 3.05) is 6.61 Å². The highest BCUT2D eigenvalue weighted by Gasteiger charge is 2.28. The van der Waals surface area contributed by atoms with Gasteiger partial charge in [-0.25, -0.2) is 5.48 Å². The van der Waals surface area contributed by atoms with Gasteiger partial charge >= 0.3 is 6.18 Å². The second-order valence-corrected chi connectivity index (χ2v) is 2.55. The number of hydrogen-bond donors (Lipinski definition) is 1. The summed E-state index contributed by atoms with van der Waals surface area (Å²) in [7, 11) is 0. The molecule has 0 saturated heterocycles. The summed E-state index contributed by atoms with van der Waals surface area (Å²) in [6.07, 6.45) is -3.13. The Morgan fingerprint density at radius 1 is 1.47 bits per heavy atom. The van der Waals surface area contributed by atoms with Gasteiger partial charge in [-0.2, -0.15) is 13.2 Å². The predicted molar refractivity (Wildman–Crippen MR) is 43.7 cm³/mol. The van der Waals surface area contributed by atoms with E-state index in [0.717, 1.165) is 0 Å². The molecule has 1 N–H and O–H groups in total. The van der Waals surface area contributed by atoms with E-state index < -0.39 is 18.7 Å². The number of carbonyl (C=O) groups excluding carboxylic acids is 1. The molecule has 0 unspecified atom stereocenters. The molecule has 82 valence electrons. The van der Waals surface area contributed by atoms with E-state index in [9.17, 15) is 18.0 Å². The van der Waals surface area contributed by atoms with Gasteiger partial charge in [-0.1, -0.05) is 6.07 Å². The molecule has 0 radical (unpaired) electrons. The van der Waals surface area contributed by atoms with Crippen molar-refractivity contribution in [3.05, 3.63) is 30.1 Å². The number of nitrogens with zero attached hydrogens (tertiary/aromatic N) is 1. The van der Waals surface area contributed by atoms with Gasteiger partial charge in [0.25, 0.3) is 5.91 Å². The van der Waals surface area contributed by atoms with Crippen LogP contribution in [0, 0.1) is 0 Å². The van der Waals surface area contributed by atoms with Crippen LogP contribution in [0.5, 0.6) is 0 Å². The van der Waals surface area contributed by atoms with Crippen molar-refractivity contribution in [2.24, 2.45) is 0 Å². The van der Waals surface area contributed by atoms with Crippen LogP contribution in [0.15, 0.2) is 24.4 Å². The third kappa shape index (κ3) is 4.41. The van der Waals surface area contributed by atoms with E-state index in [-0.39, 0.29) is 5.69 Å². The number of hydrogen-bond acceptors (Lipinski definition) is 3. The van der Waals surface area contributed by atoms with E-state index in [1.807, 2.05) is 0 Å². The Morgan fingerprint density at radius 2 is 2.20 bits per heavy atom. The van der Waals surface area contributed by atoms with Crippen LogP contribution in [0.1, 0.15) is 10.5 Å². The molecule has 15 heavy (non-hydrogen) atoms. The lowest BCUT2D eigenvalue weighted by molar-refractivity contribution is -0.184. The molecule has 0 bridgehead atoms. The zero-order valence-corrected chi connectivity index (χ0v) is 7.41. The first-order valence-corrected chi connectivity index (χ1v) is 3.89. The minimum absolute atomic E-state index is 0.0142. The molecule has 4 nitrogen and oxygen atoms in total. The highest BCUT2D eigenvalue weighted by molar-refractivity contribution is 5.91. The number of aromatic nitrogens is 1. The first-order valence-electron chi connectivity index (χ1n) is 3.89. The fraction of sp³-hybridized carbons (Fsp3) is 0.250. The summed E-state index contributed by atoms with van der Waals surface area (Å²) in [5, 5.41) is 0. The maximum absolute atomic E-state index is 11.6. The Bertz CT molecular complexity index is 326. The molecule has 1 heterocycles. The number of halogens is 3. The molecule has 7 heteroatoms. The molecular weight excluding hydrogens is 213 g/mol. The van der Waals surface area contributed by atoms with Crippen molar-refractivity contribution in [3.63, 3.8) is 0 Å². The van der Waals surface area contributed by atoms with Crippen LogP contribution in [0.2, 0.25) is 0 Å². The van der Waals surface area contributed by atoms with E-state index in [4.69, 9.17) is 0 Å². The van der Waals surface area contributed by atoms with Crippen molar-refractivity contribution in [3.8, 4) is 0 Å². The summed E-state index contributed by atoms with van der Waals surface area (Å²) in [5.41, 5.74) is 1.62. The van der Waals surface area contributed by atoms with Crippen molar-refractivity contribution >= 4 is 5.91 Å². The van der Waals surface area contributed by atoms with Crippen molar-refractivity contribution in [1.29, 1.82) is 0 Å². The van der Waals surface area contributed by atoms with Crippen LogP contribution in [0.25, 0.3) is 0 Å². The van der Waals surface area contributed by atoms with Gasteiger partial charge in [0.1, 0.15) is 5.69 Å². The molecule has 1 aromatic rings. The largest absolute Gasteiger partial charge is 0.414 e. The Labute approximate surface area is 83.0 Å². The number of rotatable bonds is 3. The summed E-state index contributed by atoms with van der Waals surface area (Å²) >= 11 is 0. The lowest BCUT2D eigenvalue weighted by Crippen LogP contribution is -2.29. The highest BCUT2D eigenvalue weighted by Crippen LogP contribution is 2.13. The number of nitrogens with one attached hydrogen (secondary N) is 1. The van der Waals surface area contributed by atoms with Gasteiger partial charge in [0.05, 0.1) is 0 Å². The smallest absolute Gasteiger partial charge is 0.265 e. The Balaban J connectivity index is 2.38. The molecule has 0 saturated carbocycles. The van der Waals surface area contributed by atoms with Crippen molar-refractivity contribution < 1.29 is 22.8 Å². The Hall–Kier alpha value is -1.63. The first-order chi connectivity index (χ1) is 6.99. The number of amides is 1. The Morgan fingerprint density at radius 3 is 2.73 bits per heavy atom. The first kappa shape index (κ1) is 11.4. The maximum atomic E-state index is 11.6. The maximum Gasteiger partial charge on any atom is 0.414 e. The zero-order valence-electron chi connectivity index (χ0n) is 7.41. The van der Waals surface area contributed by atoms with E-state index in [1.165, 1.54) is 18.3 Å². The van der Waals surface area contributed by atoms with Gasteiger partial charge in [-0.05, 0) is 12.1 Å². The molecule has 0 aromatic carbocycles. The standard InChI is InChI=1S/C8H7F3N2O2/c9-8(10,11)5-15-13-7(14)6-3-1-2-4-12-6/h1-4H,5H2,(H,13,14). The lowest BCUT2D eigenvalue weighted by atomic mass is 10.3. The van der Waals surface area contributed by atoms with Crippen LogP contribution in [-0.2, 0) is 4.84 Å². The number of carbonyl (C=O) groups is 1. The van der Waals surface area contributed by atoms with Gasteiger partial charge in [-0.15, -0.1) is 0 Å². The molecule has 0 aliphatic rings. The van der Waals surface area contributed by atoms with E-state index in [0.29, 0.717) is 0 Å². The summed E-state index contributed by atoms with van der Waals surface area (Å²) in [4.78, 5) is 18.6. The minimum atomic E-state index is -4.47. The second kappa shape index (κ2) is 4.74. The fourth-order valence-electron chi connectivity index (χ4n) is 0.733. The van der Waals surface area contributed by atoms with Gasteiger partial charge in [0, 0.05) is 6.20 Å². The summed E-state index contributed by atoms with van der Waals surface area (Å²) < 4.78 is 34.8. The SMILES string of the molecule is O=C(NOCC(F)(F)F)c1ccccn1. The number of alkyl halides is 3. The van der Waals surface area contributed by atoms with Gasteiger partial charge in [0.2, 0.25) is 0 Å². The number of hydroxylamine groups is 1. The fourth-order valence-corrected chi connectivity index (χ4v) is 0.733. The van der Waals surface area contributed by atoms with Crippen LogP contribution < -0.4 is 5.48 Å². The van der Waals surface area contributed by atoms with Gasteiger partial charge < -0.3 is 0 Å². The normalized spacial score (nSPS) is 11.1. The molecule has 0 atom stereocenters. The van der Waals surface area contributed by atoms with Crippen molar-refractivity contribution in [1.82, 2.24) is 10.5 Å². The predicted octanol–water partition coefficient (Wildman–Crippen LogP) is 1.31. The molecular formula is C8H7F3N2O2. The molecule has 0 spiro atoms. The quantitative estimate of drug-likeness (QED) is 0.781. The molecule has 0 fully saturated rings. The van der Waals surface area contributed by atoms with E-state index in [2.05, 4.69) is 9.82 Å². The summed E-state index contributed by atoms with van der Waals surface area (Å²) in [6, 6.07) is 4.46. The molecule has 1 aromatic heterocycles. The van der Waals surface area contributed by atoms with Crippen LogP contribution in [-0.4, -0.2) is 23.7 Å². The monoisotopic (exact) mass is 220 g/mol. The third-order valence-electron chi connectivity index (χ3n) is 1.30. The van der Waals surface area contributed by atoms with Gasteiger partial charge in [-0.3, -0.25) is 14.6 Å².